The Hall–Kier alpha value is -3.73. The predicted octanol–water partition coefficient (Wildman–Crippen LogP) is 5.26. The van der Waals surface area contributed by atoms with Gasteiger partial charge in [-0.15, -0.1) is 10.2 Å². The van der Waals surface area contributed by atoms with Crippen molar-refractivity contribution in [3.63, 3.8) is 0 Å². The first-order valence-corrected chi connectivity index (χ1v) is 9.85. The number of benzene rings is 3. The zero-order chi connectivity index (χ0) is 21.1. The van der Waals surface area contributed by atoms with Crippen LogP contribution in [-0.4, -0.2) is 16.1 Å². The first-order valence-electron chi connectivity index (χ1n) is 9.85. The number of rotatable bonds is 5. The van der Waals surface area contributed by atoms with E-state index in [4.69, 9.17) is 4.42 Å². The minimum atomic E-state index is -0.0890. The third-order valence-corrected chi connectivity index (χ3v) is 5.04. The number of carbonyl (C=O) groups is 1. The van der Waals surface area contributed by atoms with Gasteiger partial charge in [0.05, 0.1) is 0 Å². The Balaban J connectivity index is 1.50. The lowest BCUT2D eigenvalue weighted by molar-refractivity contribution is 0.0951. The second-order valence-corrected chi connectivity index (χ2v) is 7.40. The van der Waals surface area contributed by atoms with Gasteiger partial charge in [-0.25, -0.2) is 0 Å². The smallest absolute Gasteiger partial charge is 0.251 e. The van der Waals surface area contributed by atoms with E-state index in [-0.39, 0.29) is 5.91 Å². The number of aromatic nitrogens is 2. The zero-order valence-corrected chi connectivity index (χ0v) is 17.3. The van der Waals surface area contributed by atoms with Crippen molar-refractivity contribution in [1.29, 1.82) is 0 Å². The first kappa shape index (κ1) is 19.6. The molecule has 0 bridgehead atoms. The summed E-state index contributed by atoms with van der Waals surface area (Å²) < 4.78 is 5.55. The molecule has 0 saturated heterocycles. The molecule has 5 heteroatoms. The lowest BCUT2D eigenvalue weighted by atomic mass is 9.97. The molecule has 0 saturated carbocycles. The molecule has 1 aromatic heterocycles. The Kier molecular flexibility index (Phi) is 5.44. The Labute approximate surface area is 175 Å². The Bertz CT molecular complexity index is 1180. The van der Waals surface area contributed by atoms with E-state index < -0.39 is 0 Å². The second-order valence-electron chi connectivity index (χ2n) is 7.40. The van der Waals surface area contributed by atoms with Crippen LogP contribution in [0.25, 0.3) is 22.6 Å². The fourth-order valence-corrected chi connectivity index (χ4v) is 3.27. The van der Waals surface area contributed by atoms with E-state index in [1.165, 1.54) is 5.56 Å². The topological polar surface area (TPSA) is 68.0 Å². The van der Waals surface area contributed by atoms with Crippen LogP contribution in [0.1, 0.15) is 32.9 Å². The van der Waals surface area contributed by atoms with E-state index in [1.54, 1.807) is 6.92 Å². The lowest BCUT2D eigenvalue weighted by Crippen LogP contribution is -2.22. The maximum atomic E-state index is 12.5. The second kappa shape index (κ2) is 8.33. The van der Waals surface area contributed by atoms with Crippen LogP contribution in [-0.2, 0) is 6.54 Å². The molecule has 0 unspecified atom stereocenters. The van der Waals surface area contributed by atoms with Crippen molar-refractivity contribution in [2.75, 3.05) is 0 Å². The summed E-state index contributed by atoms with van der Waals surface area (Å²) in [7, 11) is 0. The van der Waals surface area contributed by atoms with Crippen molar-refractivity contribution in [1.82, 2.24) is 15.5 Å². The highest BCUT2D eigenvalue weighted by Crippen LogP contribution is 2.29. The molecule has 5 nitrogen and oxygen atoms in total. The van der Waals surface area contributed by atoms with Crippen molar-refractivity contribution in [2.24, 2.45) is 0 Å². The van der Waals surface area contributed by atoms with Crippen LogP contribution >= 0.6 is 0 Å². The molecule has 0 fully saturated rings. The molecule has 0 radical (unpaired) electrons. The van der Waals surface area contributed by atoms with Crippen molar-refractivity contribution in [3.05, 3.63) is 94.9 Å². The van der Waals surface area contributed by atoms with Gasteiger partial charge >= 0.3 is 0 Å². The van der Waals surface area contributed by atoms with Crippen molar-refractivity contribution < 1.29 is 9.21 Å². The van der Waals surface area contributed by atoms with E-state index in [1.807, 2.05) is 73.7 Å². The van der Waals surface area contributed by atoms with Crippen LogP contribution in [0.2, 0.25) is 0 Å². The van der Waals surface area contributed by atoms with Crippen LogP contribution < -0.4 is 5.32 Å². The van der Waals surface area contributed by atoms with Gasteiger partial charge in [0, 0.05) is 24.6 Å². The molecule has 1 heterocycles. The molecule has 4 rings (SSSR count). The van der Waals surface area contributed by atoms with Crippen LogP contribution in [0.3, 0.4) is 0 Å². The summed E-state index contributed by atoms with van der Waals surface area (Å²) in [5.41, 5.74) is 7.01. The SMILES string of the molecule is Cc1ccc(CNC(=O)c2ccc(-c3cc(-c4nnc(C)o4)ccc3C)cc2)cc1. The molecular formula is C25H23N3O2. The lowest BCUT2D eigenvalue weighted by Gasteiger charge is -2.10. The summed E-state index contributed by atoms with van der Waals surface area (Å²) in [6.07, 6.45) is 0. The number of amides is 1. The quantitative estimate of drug-likeness (QED) is 0.499. The van der Waals surface area contributed by atoms with Crippen molar-refractivity contribution in [2.45, 2.75) is 27.3 Å². The minimum Gasteiger partial charge on any atom is -0.421 e. The third kappa shape index (κ3) is 4.30. The normalized spacial score (nSPS) is 10.8. The minimum absolute atomic E-state index is 0.0890. The Morgan fingerprint density at radius 3 is 2.23 bits per heavy atom. The van der Waals surface area contributed by atoms with Crippen LogP contribution in [0.5, 0.6) is 0 Å². The zero-order valence-electron chi connectivity index (χ0n) is 17.3. The van der Waals surface area contributed by atoms with Gasteiger partial charge in [0.25, 0.3) is 5.91 Å². The maximum absolute atomic E-state index is 12.5. The average molecular weight is 397 g/mol. The van der Waals surface area contributed by atoms with Gasteiger partial charge in [0.15, 0.2) is 0 Å². The van der Waals surface area contributed by atoms with Gasteiger partial charge in [-0.1, -0.05) is 48.0 Å². The molecule has 0 aliphatic heterocycles. The van der Waals surface area contributed by atoms with Crippen molar-refractivity contribution in [3.8, 4) is 22.6 Å². The Morgan fingerprint density at radius 1 is 0.867 bits per heavy atom. The van der Waals surface area contributed by atoms with Crippen LogP contribution in [0.4, 0.5) is 0 Å². The number of hydrogen-bond donors (Lipinski definition) is 1. The molecular weight excluding hydrogens is 374 g/mol. The van der Waals surface area contributed by atoms with E-state index >= 15 is 0 Å². The molecule has 30 heavy (non-hydrogen) atoms. The average Bonchev–Trinajstić information content (AvgIpc) is 3.20. The largest absolute Gasteiger partial charge is 0.421 e. The first-order chi connectivity index (χ1) is 14.5. The number of nitrogens with zero attached hydrogens (tertiary/aromatic N) is 2. The molecule has 1 N–H and O–H groups in total. The van der Waals surface area contributed by atoms with Crippen LogP contribution in [0, 0.1) is 20.8 Å². The van der Waals surface area contributed by atoms with Gasteiger partial charge in [0.1, 0.15) is 0 Å². The standard InChI is InChI=1S/C25H23N3O2/c1-16-4-7-19(8-5-16)15-26-24(29)21-12-10-20(11-13-21)23-14-22(9-6-17(23)2)25-28-27-18(3)30-25/h4-14H,15H2,1-3H3,(H,26,29). The number of hydrogen-bond acceptors (Lipinski definition) is 4. The number of carbonyl (C=O) groups excluding carboxylic acids is 1. The molecule has 0 aliphatic carbocycles. The molecule has 0 spiro atoms. The molecule has 150 valence electrons. The molecule has 0 aliphatic rings. The predicted molar refractivity (Wildman–Crippen MR) is 117 cm³/mol. The summed E-state index contributed by atoms with van der Waals surface area (Å²) in [5, 5.41) is 11.0. The van der Waals surface area contributed by atoms with Gasteiger partial charge in [0.2, 0.25) is 11.8 Å². The summed E-state index contributed by atoms with van der Waals surface area (Å²) in [5.74, 6) is 0.947. The summed E-state index contributed by atoms with van der Waals surface area (Å²) in [4.78, 5) is 12.5. The van der Waals surface area contributed by atoms with Gasteiger partial charge in [-0.05, 0) is 60.4 Å². The molecule has 4 aromatic rings. The molecule has 0 atom stereocenters. The fraction of sp³-hybridized carbons (Fsp3) is 0.160. The summed E-state index contributed by atoms with van der Waals surface area (Å²) >= 11 is 0. The molecule has 1 amide bonds. The summed E-state index contributed by atoms with van der Waals surface area (Å²) in [6, 6.07) is 21.8. The Morgan fingerprint density at radius 2 is 1.57 bits per heavy atom. The summed E-state index contributed by atoms with van der Waals surface area (Å²) in [6.45, 7) is 6.38. The third-order valence-electron chi connectivity index (χ3n) is 5.04. The number of aryl methyl sites for hydroxylation is 3. The highest BCUT2D eigenvalue weighted by atomic mass is 16.4. The highest BCUT2D eigenvalue weighted by Gasteiger charge is 2.11. The highest BCUT2D eigenvalue weighted by molar-refractivity contribution is 5.94. The van der Waals surface area contributed by atoms with E-state index in [0.717, 1.165) is 27.8 Å². The maximum Gasteiger partial charge on any atom is 0.251 e. The molecule has 3 aromatic carbocycles. The monoisotopic (exact) mass is 397 g/mol. The van der Waals surface area contributed by atoms with E-state index in [2.05, 4.69) is 22.4 Å². The van der Waals surface area contributed by atoms with Crippen molar-refractivity contribution >= 4 is 5.91 Å². The van der Waals surface area contributed by atoms with Gasteiger partial charge < -0.3 is 9.73 Å². The fourth-order valence-electron chi connectivity index (χ4n) is 3.27. The van der Waals surface area contributed by atoms with Gasteiger partial charge in [-0.2, -0.15) is 0 Å². The number of nitrogens with one attached hydrogen (secondary N) is 1. The van der Waals surface area contributed by atoms with Gasteiger partial charge in [-0.3, -0.25) is 4.79 Å². The van der Waals surface area contributed by atoms with E-state index in [0.29, 0.717) is 23.9 Å². The van der Waals surface area contributed by atoms with E-state index in [9.17, 15) is 4.79 Å². The van der Waals surface area contributed by atoms with Crippen LogP contribution in [0.15, 0.2) is 71.1 Å².